The number of hydrogen-bond donors (Lipinski definition) is 2. The van der Waals surface area contributed by atoms with Crippen molar-refractivity contribution in [2.75, 3.05) is 17.7 Å². The highest BCUT2D eigenvalue weighted by molar-refractivity contribution is 5.35. The number of ether oxygens (including phenoxy) is 1. The molecule has 1 rings (SSSR count). The first-order chi connectivity index (χ1) is 7.51. The fourth-order valence-corrected chi connectivity index (χ4v) is 1.05. The molecule has 0 aliphatic rings. The van der Waals surface area contributed by atoms with E-state index in [9.17, 15) is 0 Å². The molecule has 6 nitrogen and oxygen atoms in total. The second-order valence-electron chi connectivity index (χ2n) is 3.98. The highest BCUT2D eigenvalue weighted by Crippen LogP contribution is 2.12. The van der Waals surface area contributed by atoms with E-state index in [1.807, 2.05) is 27.7 Å². The molecule has 0 spiro atoms. The van der Waals surface area contributed by atoms with E-state index >= 15 is 0 Å². The van der Waals surface area contributed by atoms with Crippen molar-refractivity contribution < 1.29 is 4.74 Å². The largest absolute Gasteiger partial charge is 0.461 e. The summed E-state index contributed by atoms with van der Waals surface area (Å²) in [5.74, 6) is 1.01. The van der Waals surface area contributed by atoms with Crippen molar-refractivity contribution in [1.29, 1.82) is 0 Å². The second kappa shape index (κ2) is 5.48. The van der Waals surface area contributed by atoms with E-state index in [1.54, 1.807) is 7.05 Å². The van der Waals surface area contributed by atoms with Crippen molar-refractivity contribution in [3.8, 4) is 6.01 Å². The average molecular weight is 225 g/mol. The zero-order valence-corrected chi connectivity index (χ0v) is 10.4. The van der Waals surface area contributed by atoms with Crippen molar-refractivity contribution in [2.45, 2.75) is 39.8 Å². The van der Waals surface area contributed by atoms with Crippen molar-refractivity contribution >= 4 is 11.9 Å². The summed E-state index contributed by atoms with van der Waals surface area (Å²) < 4.78 is 5.44. The third-order valence-corrected chi connectivity index (χ3v) is 1.60. The molecule has 0 bridgehead atoms. The van der Waals surface area contributed by atoms with Crippen LogP contribution in [0.5, 0.6) is 6.01 Å². The van der Waals surface area contributed by atoms with Crippen molar-refractivity contribution in [3.63, 3.8) is 0 Å². The minimum Gasteiger partial charge on any atom is -0.461 e. The molecule has 0 fully saturated rings. The van der Waals surface area contributed by atoms with Gasteiger partial charge in [0.1, 0.15) is 0 Å². The molecule has 1 aromatic rings. The van der Waals surface area contributed by atoms with Gasteiger partial charge < -0.3 is 15.4 Å². The first-order valence-corrected chi connectivity index (χ1v) is 5.38. The minimum atomic E-state index is 0.0407. The van der Waals surface area contributed by atoms with Crippen LogP contribution in [0.2, 0.25) is 0 Å². The van der Waals surface area contributed by atoms with E-state index < -0.39 is 0 Å². The summed E-state index contributed by atoms with van der Waals surface area (Å²) >= 11 is 0. The summed E-state index contributed by atoms with van der Waals surface area (Å²) in [4.78, 5) is 12.4. The molecule has 0 radical (unpaired) electrons. The fraction of sp³-hybridized carbons (Fsp3) is 0.700. The molecule has 90 valence electrons. The average Bonchev–Trinajstić information content (AvgIpc) is 2.14. The first kappa shape index (κ1) is 12.5. The monoisotopic (exact) mass is 225 g/mol. The summed E-state index contributed by atoms with van der Waals surface area (Å²) in [5.41, 5.74) is 0. The Labute approximate surface area is 95.9 Å². The smallest absolute Gasteiger partial charge is 0.323 e. The van der Waals surface area contributed by atoms with Gasteiger partial charge in [0.25, 0.3) is 0 Å². The van der Waals surface area contributed by atoms with Crippen molar-refractivity contribution in [3.05, 3.63) is 0 Å². The number of rotatable bonds is 5. The Morgan fingerprint density at radius 2 is 1.62 bits per heavy atom. The number of aromatic nitrogens is 3. The lowest BCUT2D eigenvalue weighted by molar-refractivity contribution is 0.222. The van der Waals surface area contributed by atoms with Crippen LogP contribution in [0.4, 0.5) is 11.9 Å². The molecule has 0 amide bonds. The van der Waals surface area contributed by atoms with Gasteiger partial charge in [-0.1, -0.05) is 0 Å². The lowest BCUT2D eigenvalue weighted by atomic mass is 10.4. The Morgan fingerprint density at radius 3 is 2.12 bits per heavy atom. The maximum atomic E-state index is 5.44. The van der Waals surface area contributed by atoms with E-state index in [1.165, 1.54) is 0 Å². The Balaban J connectivity index is 2.91. The lowest BCUT2D eigenvalue weighted by Gasteiger charge is -2.12. The second-order valence-corrected chi connectivity index (χ2v) is 3.98. The summed E-state index contributed by atoms with van der Waals surface area (Å²) in [6, 6.07) is 0.594. The molecule has 1 aromatic heterocycles. The topological polar surface area (TPSA) is 72.0 Å². The maximum Gasteiger partial charge on any atom is 0.323 e. The third kappa shape index (κ3) is 3.88. The van der Waals surface area contributed by atoms with Gasteiger partial charge in [0.05, 0.1) is 6.10 Å². The van der Waals surface area contributed by atoms with Crippen LogP contribution in [0, 0.1) is 0 Å². The molecule has 0 aromatic carbocycles. The number of anilines is 2. The first-order valence-electron chi connectivity index (χ1n) is 5.38. The highest BCUT2D eigenvalue weighted by Gasteiger charge is 2.08. The highest BCUT2D eigenvalue weighted by atomic mass is 16.5. The van der Waals surface area contributed by atoms with Gasteiger partial charge in [-0.3, -0.25) is 0 Å². The molecule has 2 N–H and O–H groups in total. The van der Waals surface area contributed by atoms with Crippen LogP contribution in [0.3, 0.4) is 0 Å². The zero-order valence-electron chi connectivity index (χ0n) is 10.4. The van der Waals surface area contributed by atoms with Gasteiger partial charge in [0, 0.05) is 13.1 Å². The van der Waals surface area contributed by atoms with Gasteiger partial charge in [-0.05, 0) is 27.7 Å². The third-order valence-electron chi connectivity index (χ3n) is 1.60. The Kier molecular flexibility index (Phi) is 4.28. The molecule has 0 aliphatic carbocycles. The van der Waals surface area contributed by atoms with Crippen LogP contribution in [0.1, 0.15) is 27.7 Å². The van der Waals surface area contributed by atoms with Gasteiger partial charge in [0.2, 0.25) is 11.9 Å². The summed E-state index contributed by atoms with van der Waals surface area (Å²) in [7, 11) is 1.76. The SMILES string of the molecule is CNc1nc(NC(C)C)nc(OC(C)C)n1. The van der Waals surface area contributed by atoms with Crippen LogP contribution < -0.4 is 15.4 Å². The van der Waals surface area contributed by atoms with E-state index in [4.69, 9.17) is 4.74 Å². The van der Waals surface area contributed by atoms with Gasteiger partial charge in [0.15, 0.2) is 0 Å². The van der Waals surface area contributed by atoms with Gasteiger partial charge in [-0.15, -0.1) is 0 Å². The van der Waals surface area contributed by atoms with Crippen LogP contribution in [-0.2, 0) is 0 Å². The van der Waals surface area contributed by atoms with Crippen LogP contribution >= 0.6 is 0 Å². The standard InChI is InChI=1S/C10H19N5O/c1-6(2)12-9-13-8(11-5)14-10(15-9)16-7(3)4/h6-7H,1-5H3,(H2,11,12,13,14,15). The Morgan fingerprint density at radius 1 is 1.00 bits per heavy atom. The fourth-order valence-electron chi connectivity index (χ4n) is 1.05. The summed E-state index contributed by atoms with van der Waals surface area (Å²) in [6.45, 7) is 7.90. The summed E-state index contributed by atoms with van der Waals surface area (Å²) in [5, 5.41) is 5.98. The normalized spacial score (nSPS) is 10.7. The van der Waals surface area contributed by atoms with Gasteiger partial charge in [-0.2, -0.15) is 15.0 Å². The van der Waals surface area contributed by atoms with E-state index in [2.05, 4.69) is 25.6 Å². The van der Waals surface area contributed by atoms with Crippen molar-refractivity contribution in [2.24, 2.45) is 0 Å². The molecule has 0 saturated heterocycles. The molecule has 0 atom stereocenters. The van der Waals surface area contributed by atoms with E-state index in [0.717, 1.165) is 0 Å². The van der Waals surface area contributed by atoms with Gasteiger partial charge in [-0.25, -0.2) is 0 Å². The Bertz CT molecular complexity index is 312. The predicted octanol–water partition coefficient (Wildman–Crippen LogP) is 1.52. The lowest BCUT2D eigenvalue weighted by Crippen LogP contribution is -2.16. The Hall–Kier alpha value is -1.59. The van der Waals surface area contributed by atoms with Crippen molar-refractivity contribution in [1.82, 2.24) is 15.0 Å². The van der Waals surface area contributed by atoms with E-state index in [0.29, 0.717) is 17.9 Å². The quantitative estimate of drug-likeness (QED) is 0.791. The molecule has 0 aliphatic heterocycles. The van der Waals surface area contributed by atoms with E-state index in [-0.39, 0.29) is 12.1 Å². The minimum absolute atomic E-state index is 0.0407. The molecule has 6 heteroatoms. The van der Waals surface area contributed by atoms with Crippen LogP contribution in [0.25, 0.3) is 0 Å². The maximum absolute atomic E-state index is 5.44. The summed E-state index contributed by atoms with van der Waals surface area (Å²) in [6.07, 6.45) is 0.0407. The molecular formula is C10H19N5O. The molecular weight excluding hydrogens is 206 g/mol. The molecule has 16 heavy (non-hydrogen) atoms. The van der Waals surface area contributed by atoms with Crippen LogP contribution in [0.15, 0.2) is 0 Å². The number of nitrogens with zero attached hydrogens (tertiary/aromatic N) is 3. The molecule has 0 saturated carbocycles. The zero-order chi connectivity index (χ0) is 12.1. The molecule has 0 unspecified atom stereocenters. The number of hydrogen-bond acceptors (Lipinski definition) is 6. The molecule has 1 heterocycles. The van der Waals surface area contributed by atoms with Crippen LogP contribution in [-0.4, -0.2) is 34.1 Å². The predicted molar refractivity (Wildman–Crippen MR) is 63.9 cm³/mol. The van der Waals surface area contributed by atoms with Gasteiger partial charge >= 0.3 is 6.01 Å². The number of nitrogens with one attached hydrogen (secondary N) is 2.